The standard InChI is InChI=1S/C16H32N4/c1-12(2)18-16(5,11-17)8-14(4)20-9-13(3)15(10-20)19(6)7/h12-15,18H,8-10H2,1-7H3. The van der Waals surface area contributed by atoms with Crippen LogP contribution in [0.1, 0.15) is 41.0 Å². The maximum atomic E-state index is 9.48. The van der Waals surface area contributed by atoms with Crippen LogP contribution in [-0.2, 0) is 0 Å². The minimum atomic E-state index is -0.437. The van der Waals surface area contributed by atoms with E-state index < -0.39 is 5.54 Å². The van der Waals surface area contributed by atoms with Crippen LogP contribution < -0.4 is 5.32 Å². The molecule has 0 aromatic rings. The number of rotatable bonds is 6. The molecule has 0 bridgehead atoms. The summed E-state index contributed by atoms with van der Waals surface area (Å²) in [6, 6.07) is 3.85. The van der Waals surface area contributed by atoms with Gasteiger partial charge in [0, 0.05) is 31.2 Å². The highest BCUT2D eigenvalue weighted by Gasteiger charge is 2.36. The lowest BCUT2D eigenvalue weighted by molar-refractivity contribution is 0.191. The van der Waals surface area contributed by atoms with E-state index in [9.17, 15) is 5.26 Å². The van der Waals surface area contributed by atoms with Crippen molar-refractivity contribution in [3.8, 4) is 6.07 Å². The Morgan fingerprint density at radius 3 is 2.35 bits per heavy atom. The SMILES string of the molecule is CC(C)NC(C)(C#N)CC(C)N1CC(C)C(N(C)C)C1. The van der Waals surface area contributed by atoms with Gasteiger partial charge in [-0.3, -0.25) is 10.2 Å². The minimum absolute atomic E-state index is 0.332. The van der Waals surface area contributed by atoms with E-state index >= 15 is 0 Å². The first-order chi connectivity index (χ1) is 9.18. The monoisotopic (exact) mass is 280 g/mol. The molecule has 0 amide bonds. The first-order valence-electron chi connectivity index (χ1n) is 7.78. The molecule has 20 heavy (non-hydrogen) atoms. The second-order valence-corrected chi connectivity index (χ2v) is 7.26. The molecule has 1 rings (SSSR count). The molecule has 0 aliphatic carbocycles. The zero-order valence-electron chi connectivity index (χ0n) is 14.3. The second-order valence-electron chi connectivity index (χ2n) is 7.26. The summed E-state index contributed by atoms with van der Waals surface area (Å²) in [6.07, 6.45) is 0.870. The predicted octanol–water partition coefficient (Wildman–Crippen LogP) is 1.93. The van der Waals surface area contributed by atoms with Crippen LogP contribution in [0.3, 0.4) is 0 Å². The van der Waals surface area contributed by atoms with Crippen LogP contribution >= 0.6 is 0 Å². The largest absolute Gasteiger partial charge is 0.305 e. The predicted molar refractivity (Wildman–Crippen MR) is 84.6 cm³/mol. The molecule has 1 aliphatic rings. The topological polar surface area (TPSA) is 42.3 Å². The molecule has 1 aliphatic heterocycles. The second kappa shape index (κ2) is 6.89. The summed E-state index contributed by atoms with van der Waals surface area (Å²) in [5.41, 5.74) is -0.437. The number of likely N-dealkylation sites (tertiary alicyclic amines) is 1. The number of nitrogens with zero attached hydrogens (tertiary/aromatic N) is 3. The van der Waals surface area contributed by atoms with Gasteiger partial charge in [-0.2, -0.15) is 5.26 Å². The van der Waals surface area contributed by atoms with E-state index in [4.69, 9.17) is 0 Å². The molecule has 4 atom stereocenters. The van der Waals surface area contributed by atoms with E-state index in [-0.39, 0.29) is 0 Å². The van der Waals surface area contributed by atoms with Gasteiger partial charge in [0.1, 0.15) is 5.54 Å². The Balaban J connectivity index is 2.63. The smallest absolute Gasteiger partial charge is 0.105 e. The van der Waals surface area contributed by atoms with E-state index in [1.165, 1.54) is 0 Å². The van der Waals surface area contributed by atoms with Crippen LogP contribution in [0.5, 0.6) is 0 Å². The lowest BCUT2D eigenvalue weighted by Gasteiger charge is -2.33. The molecule has 0 radical (unpaired) electrons. The zero-order valence-corrected chi connectivity index (χ0v) is 14.3. The Kier molecular flexibility index (Phi) is 6.00. The van der Waals surface area contributed by atoms with Crippen molar-refractivity contribution >= 4 is 0 Å². The first-order valence-corrected chi connectivity index (χ1v) is 7.78. The van der Waals surface area contributed by atoms with Crippen LogP contribution in [0.4, 0.5) is 0 Å². The molecule has 4 unspecified atom stereocenters. The van der Waals surface area contributed by atoms with E-state index in [1.54, 1.807) is 0 Å². The highest BCUT2D eigenvalue weighted by atomic mass is 15.3. The van der Waals surface area contributed by atoms with Crippen molar-refractivity contribution in [2.24, 2.45) is 5.92 Å². The summed E-state index contributed by atoms with van der Waals surface area (Å²) in [6.45, 7) is 13.0. The highest BCUT2D eigenvalue weighted by Crippen LogP contribution is 2.25. The van der Waals surface area contributed by atoms with Gasteiger partial charge in [0.2, 0.25) is 0 Å². The van der Waals surface area contributed by atoms with Crippen molar-refractivity contribution in [2.75, 3.05) is 27.2 Å². The van der Waals surface area contributed by atoms with E-state index in [1.807, 2.05) is 6.92 Å². The van der Waals surface area contributed by atoms with Crippen molar-refractivity contribution in [2.45, 2.75) is 64.7 Å². The van der Waals surface area contributed by atoms with Crippen LogP contribution in [0.25, 0.3) is 0 Å². The summed E-state index contributed by atoms with van der Waals surface area (Å²) in [5.74, 6) is 0.693. The number of nitriles is 1. The van der Waals surface area contributed by atoms with Crippen LogP contribution in [0.2, 0.25) is 0 Å². The van der Waals surface area contributed by atoms with Gasteiger partial charge in [-0.05, 0) is 54.1 Å². The Labute approximate surface area is 125 Å². The fourth-order valence-electron chi connectivity index (χ4n) is 3.51. The maximum Gasteiger partial charge on any atom is 0.105 e. The summed E-state index contributed by atoms with van der Waals surface area (Å²) in [5, 5.41) is 12.9. The molecule has 1 heterocycles. The van der Waals surface area contributed by atoms with Crippen molar-refractivity contribution in [3.05, 3.63) is 0 Å². The van der Waals surface area contributed by atoms with Gasteiger partial charge in [0.15, 0.2) is 0 Å². The Morgan fingerprint density at radius 2 is 1.95 bits per heavy atom. The average molecular weight is 280 g/mol. The number of hydrogen-bond acceptors (Lipinski definition) is 4. The van der Waals surface area contributed by atoms with Crippen molar-refractivity contribution < 1.29 is 0 Å². The first kappa shape index (κ1) is 17.4. The quantitative estimate of drug-likeness (QED) is 0.807. The van der Waals surface area contributed by atoms with Gasteiger partial charge >= 0.3 is 0 Å². The van der Waals surface area contributed by atoms with Crippen LogP contribution in [0, 0.1) is 17.2 Å². The normalized spacial score (nSPS) is 28.6. The molecular formula is C16H32N4. The maximum absolute atomic E-state index is 9.48. The number of likely N-dealkylation sites (N-methyl/N-ethyl adjacent to an activating group) is 1. The van der Waals surface area contributed by atoms with Crippen LogP contribution in [-0.4, -0.2) is 60.6 Å². The molecular weight excluding hydrogens is 248 g/mol. The zero-order chi connectivity index (χ0) is 15.5. The molecule has 4 heteroatoms. The van der Waals surface area contributed by atoms with Gasteiger partial charge in [-0.15, -0.1) is 0 Å². The van der Waals surface area contributed by atoms with Crippen LogP contribution in [0.15, 0.2) is 0 Å². The molecule has 4 nitrogen and oxygen atoms in total. The Hall–Kier alpha value is -0.630. The Morgan fingerprint density at radius 1 is 1.35 bits per heavy atom. The number of nitrogens with one attached hydrogen (secondary N) is 1. The molecule has 1 saturated heterocycles. The van der Waals surface area contributed by atoms with E-state index in [0.29, 0.717) is 24.0 Å². The Bertz CT molecular complexity index is 347. The van der Waals surface area contributed by atoms with E-state index in [2.05, 4.69) is 63.0 Å². The van der Waals surface area contributed by atoms with Gasteiger partial charge < -0.3 is 4.90 Å². The minimum Gasteiger partial charge on any atom is -0.305 e. The lowest BCUT2D eigenvalue weighted by Crippen LogP contribution is -2.49. The summed E-state index contributed by atoms with van der Waals surface area (Å²) >= 11 is 0. The molecule has 116 valence electrons. The van der Waals surface area contributed by atoms with E-state index in [0.717, 1.165) is 19.5 Å². The molecule has 0 aromatic heterocycles. The molecule has 0 spiro atoms. The van der Waals surface area contributed by atoms with Gasteiger partial charge in [0.25, 0.3) is 0 Å². The summed E-state index contributed by atoms with van der Waals surface area (Å²) < 4.78 is 0. The fraction of sp³-hybridized carbons (Fsp3) is 0.938. The third-order valence-electron chi connectivity index (χ3n) is 4.45. The summed E-state index contributed by atoms with van der Waals surface area (Å²) in [4.78, 5) is 4.86. The third kappa shape index (κ3) is 4.44. The lowest BCUT2D eigenvalue weighted by atomic mass is 9.93. The van der Waals surface area contributed by atoms with Crippen molar-refractivity contribution in [1.29, 1.82) is 5.26 Å². The van der Waals surface area contributed by atoms with Gasteiger partial charge in [0.05, 0.1) is 6.07 Å². The number of hydrogen-bond donors (Lipinski definition) is 1. The molecule has 1 N–H and O–H groups in total. The van der Waals surface area contributed by atoms with Gasteiger partial charge in [-0.1, -0.05) is 6.92 Å². The van der Waals surface area contributed by atoms with Crippen molar-refractivity contribution in [3.63, 3.8) is 0 Å². The fourth-order valence-corrected chi connectivity index (χ4v) is 3.51. The highest BCUT2D eigenvalue weighted by molar-refractivity contribution is 5.06. The molecule has 0 saturated carbocycles. The summed E-state index contributed by atoms with van der Waals surface area (Å²) in [7, 11) is 4.32. The molecule has 1 fully saturated rings. The molecule has 0 aromatic carbocycles. The van der Waals surface area contributed by atoms with Crippen molar-refractivity contribution in [1.82, 2.24) is 15.1 Å². The average Bonchev–Trinajstić information content (AvgIpc) is 2.70. The van der Waals surface area contributed by atoms with Gasteiger partial charge in [-0.25, -0.2) is 0 Å². The third-order valence-corrected chi connectivity index (χ3v) is 4.45.